The fraction of sp³-hybridized carbons (Fsp3) is 0.455. The van der Waals surface area contributed by atoms with Gasteiger partial charge in [0.2, 0.25) is 0 Å². The van der Waals surface area contributed by atoms with Crippen LogP contribution in [0.1, 0.15) is 42.3 Å². The van der Waals surface area contributed by atoms with Crippen molar-refractivity contribution in [1.29, 1.82) is 0 Å². The van der Waals surface area contributed by atoms with Gasteiger partial charge in [0, 0.05) is 12.1 Å². The third kappa shape index (κ3) is 1.87. The second-order valence-electron chi connectivity index (χ2n) is 4.20. The van der Waals surface area contributed by atoms with Crippen molar-refractivity contribution >= 4 is 23.6 Å². The Balaban J connectivity index is 2.54. The van der Waals surface area contributed by atoms with Crippen LogP contribution in [0.2, 0.25) is 0 Å². The number of hydrogen-bond donors (Lipinski definition) is 1. The number of nitrogens with zero attached hydrogens (tertiary/aromatic N) is 2. The van der Waals surface area contributed by atoms with E-state index in [4.69, 9.17) is 5.73 Å². The van der Waals surface area contributed by atoms with Crippen molar-refractivity contribution in [2.24, 2.45) is 10.7 Å². The Morgan fingerprint density at radius 2 is 2.20 bits per heavy atom. The molecule has 0 saturated heterocycles. The summed E-state index contributed by atoms with van der Waals surface area (Å²) >= 11 is 1.70. The summed E-state index contributed by atoms with van der Waals surface area (Å²) in [7, 11) is 0. The quantitative estimate of drug-likeness (QED) is 0.792. The number of rotatable bonds is 1. The lowest BCUT2D eigenvalue weighted by molar-refractivity contribution is 0.510. The molecule has 2 heterocycles. The average molecular weight is 221 g/mol. The van der Waals surface area contributed by atoms with E-state index in [2.05, 4.69) is 23.8 Å². The van der Waals surface area contributed by atoms with Crippen LogP contribution in [-0.2, 0) is 5.66 Å². The second-order valence-corrected chi connectivity index (χ2v) is 5.27. The smallest absolute Gasteiger partial charge is 0.149 e. The molecule has 0 amide bonds. The molecule has 15 heavy (non-hydrogen) atoms. The summed E-state index contributed by atoms with van der Waals surface area (Å²) in [4.78, 5) is 10.00. The van der Waals surface area contributed by atoms with Crippen molar-refractivity contribution in [3.63, 3.8) is 0 Å². The van der Waals surface area contributed by atoms with Gasteiger partial charge in [0.25, 0.3) is 0 Å². The monoisotopic (exact) mass is 221 g/mol. The van der Waals surface area contributed by atoms with Crippen LogP contribution >= 0.6 is 11.3 Å². The number of hydrogen-bond acceptors (Lipinski definition) is 4. The van der Waals surface area contributed by atoms with Crippen LogP contribution in [0, 0.1) is 0 Å². The third-order valence-electron chi connectivity index (χ3n) is 2.32. The van der Waals surface area contributed by atoms with Gasteiger partial charge < -0.3 is 5.73 Å². The summed E-state index contributed by atoms with van der Waals surface area (Å²) < 4.78 is 0. The standard InChI is InChI=1S/C11H15N3S/c1-7(2)10-14-9-8(15-10)5-4-6-13-11(9,3)12/h4-7H,12H2,1-3H3. The number of nitrogens with two attached hydrogens (primary N) is 1. The van der Waals surface area contributed by atoms with Gasteiger partial charge >= 0.3 is 0 Å². The van der Waals surface area contributed by atoms with E-state index in [1.165, 1.54) is 0 Å². The highest BCUT2D eigenvalue weighted by Gasteiger charge is 2.27. The molecule has 0 fully saturated rings. The second kappa shape index (κ2) is 3.54. The van der Waals surface area contributed by atoms with Gasteiger partial charge in [-0.05, 0) is 19.1 Å². The van der Waals surface area contributed by atoms with E-state index in [9.17, 15) is 0 Å². The summed E-state index contributed by atoms with van der Waals surface area (Å²) in [5.74, 6) is 0.440. The molecule has 80 valence electrons. The lowest BCUT2D eigenvalue weighted by Crippen LogP contribution is -2.31. The number of aromatic nitrogens is 1. The van der Waals surface area contributed by atoms with Gasteiger partial charge in [0.05, 0.1) is 9.88 Å². The first-order valence-electron chi connectivity index (χ1n) is 5.02. The van der Waals surface area contributed by atoms with Crippen molar-refractivity contribution in [3.05, 3.63) is 21.7 Å². The molecule has 0 saturated carbocycles. The third-order valence-corrected chi connectivity index (χ3v) is 3.64. The normalized spacial score (nSPS) is 24.3. The molecule has 0 radical (unpaired) electrons. The molecular formula is C11H15N3S. The van der Waals surface area contributed by atoms with E-state index in [1.54, 1.807) is 17.6 Å². The molecule has 0 aliphatic carbocycles. The molecule has 4 heteroatoms. The lowest BCUT2D eigenvalue weighted by atomic mass is 10.1. The molecule has 3 nitrogen and oxygen atoms in total. The molecule has 1 aliphatic heterocycles. The fourth-order valence-corrected chi connectivity index (χ4v) is 2.55. The van der Waals surface area contributed by atoms with E-state index in [-0.39, 0.29) is 0 Å². The van der Waals surface area contributed by atoms with Crippen LogP contribution in [-0.4, -0.2) is 11.2 Å². The van der Waals surface area contributed by atoms with Crippen LogP contribution < -0.4 is 5.73 Å². The number of aliphatic imine (C=N–C) groups is 1. The van der Waals surface area contributed by atoms with Gasteiger partial charge in [-0.15, -0.1) is 11.3 Å². The van der Waals surface area contributed by atoms with Crippen molar-refractivity contribution in [2.45, 2.75) is 32.4 Å². The van der Waals surface area contributed by atoms with Gasteiger partial charge in [-0.2, -0.15) is 0 Å². The van der Waals surface area contributed by atoms with E-state index in [0.717, 1.165) is 15.6 Å². The van der Waals surface area contributed by atoms with Crippen molar-refractivity contribution < 1.29 is 0 Å². The fourth-order valence-electron chi connectivity index (χ4n) is 1.46. The highest BCUT2D eigenvalue weighted by atomic mass is 32.1. The Bertz CT molecular complexity index is 427. The Labute approximate surface area is 93.8 Å². The van der Waals surface area contributed by atoms with Gasteiger partial charge in [0.1, 0.15) is 11.4 Å². The van der Waals surface area contributed by atoms with Gasteiger partial charge in [-0.25, -0.2) is 4.98 Å². The first-order valence-corrected chi connectivity index (χ1v) is 5.84. The summed E-state index contributed by atoms with van der Waals surface area (Å²) in [6.45, 7) is 6.16. The maximum Gasteiger partial charge on any atom is 0.149 e. The molecule has 2 rings (SSSR count). The Hall–Kier alpha value is -1.00. The highest BCUT2D eigenvalue weighted by molar-refractivity contribution is 7.12. The lowest BCUT2D eigenvalue weighted by Gasteiger charge is -2.16. The minimum Gasteiger partial charge on any atom is -0.302 e. The highest BCUT2D eigenvalue weighted by Crippen LogP contribution is 2.32. The van der Waals surface area contributed by atoms with E-state index in [0.29, 0.717) is 5.92 Å². The van der Waals surface area contributed by atoms with E-state index >= 15 is 0 Å². The minimum atomic E-state index is -0.692. The summed E-state index contributed by atoms with van der Waals surface area (Å²) in [6.07, 6.45) is 5.68. The zero-order valence-electron chi connectivity index (χ0n) is 9.19. The summed E-state index contributed by atoms with van der Waals surface area (Å²) in [5.41, 5.74) is 6.31. The Morgan fingerprint density at radius 1 is 1.47 bits per heavy atom. The zero-order valence-corrected chi connectivity index (χ0v) is 10.0. The largest absolute Gasteiger partial charge is 0.302 e. The SMILES string of the molecule is CC(C)c1nc2c(s1)C=CC=NC2(C)N. The van der Waals surface area contributed by atoms with Crippen LogP contribution in [0.5, 0.6) is 0 Å². The minimum absolute atomic E-state index is 0.440. The van der Waals surface area contributed by atoms with Crippen molar-refractivity contribution in [3.8, 4) is 0 Å². The predicted molar refractivity (Wildman–Crippen MR) is 65.3 cm³/mol. The summed E-state index contributed by atoms with van der Waals surface area (Å²) in [5, 5.41) is 1.12. The molecule has 1 aromatic heterocycles. The molecule has 1 aliphatic rings. The average Bonchev–Trinajstić information content (AvgIpc) is 2.52. The number of allylic oxidation sites excluding steroid dienone is 1. The molecule has 0 aromatic carbocycles. The molecule has 1 unspecified atom stereocenters. The van der Waals surface area contributed by atoms with Crippen LogP contribution in [0.25, 0.3) is 6.08 Å². The molecule has 0 bridgehead atoms. The number of fused-ring (bicyclic) bond motifs is 1. The molecule has 0 spiro atoms. The van der Waals surface area contributed by atoms with E-state index in [1.807, 2.05) is 19.1 Å². The molecule has 2 N–H and O–H groups in total. The van der Waals surface area contributed by atoms with Crippen molar-refractivity contribution in [1.82, 2.24) is 4.98 Å². The summed E-state index contributed by atoms with van der Waals surface area (Å²) in [6, 6.07) is 0. The van der Waals surface area contributed by atoms with E-state index < -0.39 is 5.66 Å². The van der Waals surface area contributed by atoms with Crippen molar-refractivity contribution in [2.75, 3.05) is 0 Å². The first-order chi connectivity index (χ1) is 7.00. The molecular weight excluding hydrogens is 206 g/mol. The maximum absolute atomic E-state index is 6.11. The molecule has 1 atom stereocenters. The maximum atomic E-state index is 6.11. The van der Waals surface area contributed by atoms with Gasteiger partial charge in [0.15, 0.2) is 0 Å². The topological polar surface area (TPSA) is 51.3 Å². The van der Waals surface area contributed by atoms with Crippen LogP contribution in [0.3, 0.4) is 0 Å². The predicted octanol–water partition coefficient (Wildman–Crippen LogP) is 2.50. The van der Waals surface area contributed by atoms with Crippen LogP contribution in [0.15, 0.2) is 11.1 Å². The van der Waals surface area contributed by atoms with Crippen LogP contribution in [0.4, 0.5) is 0 Å². The Morgan fingerprint density at radius 3 is 2.87 bits per heavy atom. The number of thiazole rings is 1. The first kappa shape index (κ1) is 10.5. The molecule has 1 aromatic rings. The zero-order chi connectivity index (χ0) is 11.1. The van der Waals surface area contributed by atoms with Gasteiger partial charge in [-0.3, -0.25) is 4.99 Å². The van der Waals surface area contributed by atoms with Gasteiger partial charge in [-0.1, -0.05) is 13.8 Å². The Kier molecular flexibility index (Phi) is 2.48.